The van der Waals surface area contributed by atoms with Crippen LogP contribution in [0.3, 0.4) is 0 Å². The molecule has 1 aromatic carbocycles. The molecular formula is C21H29N3O3S. The Morgan fingerprint density at radius 1 is 1.11 bits per heavy atom. The quantitative estimate of drug-likeness (QED) is 0.766. The van der Waals surface area contributed by atoms with E-state index in [-0.39, 0.29) is 11.3 Å². The molecule has 6 nitrogen and oxygen atoms in total. The van der Waals surface area contributed by atoms with E-state index in [1.54, 1.807) is 37.7 Å². The van der Waals surface area contributed by atoms with E-state index in [4.69, 9.17) is 14.5 Å². The standard InChI is InChI=1S/C21H29N3O3S/c1-21(2,3)17-14-28-18(22-17)13-23-9-11-24(12-10-23)20(25)19-15(26-4)7-6-8-16(19)27-5/h6-8,14H,9-13H2,1-5H3. The SMILES string of the molecule is COc1cccc(OC)c1C(=O)N1CCN(Cc2nc(C(C)(C)C)cs2)CC1. The molecular weight excluding hydrogens is 374 g/mol. The Kier molecular flexibility index (Phi) is 6.25. The van der Waals surface area contributed by atoms with Gasteiger partial charge in [-0.2, -0.15) is 0 Å². The molecule has 1 amide bonds. The van der Waals surface area contributed by atoms with Gasteiger partial charge in [0.25, 0.3) is 5.91 Å². The Morgan fingerprint density at radius 3 is 2.21 bits per heavy atom. The van der Waals surface area contributed by atoms with Crippen molar-refractivity contribution in [1.82, 2.24) is 14.8 Å². The maximum Gasteiger partial charge on any atom is 0.261 e. The van der Waals surface area contributed by atoms with Gasteiger partial charge in [0, 0.05) is 37.0 Å². The molecule has 0 saturated carbocycles. The summed E-state index contributed by atoms with van der Waals surface area (Å²) in [7, 11) is 3.15. The topological polar surface area (TPSA) is 54.9 Å². The van der Waals surface area contributed by atoms with Gasteiger partial charge in [-0.25, -0.2) is 4.98 Å². The minimum atomic E-state index is -0.0433. The molecule has 152 valence electrons. The molecule has 2 aromatic rings. The molecule has 1 aliphatic heterocycles. The molecule has 1 fully saturated rings. The number of carbonyl (C=O) groups excluding carboxylic acids is 1. The number of nitrogens with zero attached hydrogens (tertiary/aromatic N) is 3. The lowest BCUT2D eigenvalue weighted by atomic mass is 9.93. The Balaban J connectivity index is 1.63. The van der Waals surface area contributed by atoms with Crippen molar-refractivity contribution < 1.29 is 14.3 Å². The van der Waals surface area contributed by atoms with E-state index in [9.17, 15) is 4.79 Å². The third kappa shape index (κ3) is 4.47. The first-order chi connectivity index (χ1) is 13.3. The largest absolute Gasteiger partial charge is 0.496 e. The van der Waals surface area contributed by atoms with E-state index in [0.717, 1.165) is 30.3 Å². The van der Waals surface area contributed by atoms with Crippen LogP contribution in [-0.4, -0.2) is 61.1 Å². The molecule has 1 aliphatic rings. The van der Waals surface area contributed by atoms with Crippen molar-refractivity contribution in [2.75, 3.05) is 40.4 Å². The predicted octanol–water partition coefficient (Wildman–Crippen LogP) is 3.42. The van der Waals surface area contributed by atoms with Crippen LogP contribution in [0.15, 0.2) is 23.6 Å². The average Bonchev–Trinajstić information content (AvgIpc) is 3.16. The second-order valence-electron chi connectivity index (χ2n) is 7.98. The number of piperazine rings is 1. The van der Waals surface area contributed by atoms with E-state index >= 15 is 0 Å². The first-order valence-corrected chi connectivity index (χ1v) is 10.4. The third-order valence-corrected chi connectivity index (χ3v) is 5.81. The summed E-state index contributed by atoms with van der Waals surface area (Å²) in [6, 6.07) is 5.41. The zero-order chi connectivity index (χ0) is 20.3. The molecule has 7 heteroatoms. The van der Waals surface area contributed by atoms with Crippen LogP contribution in [-0.2, 0) is 12.0 Å². The summed E-state index contributed by atoms with van der Waals surface area (Å²) in [6.45, 7) is 10.4. The maximum atomic E-state index is 13.1. The molecule has 1 aromatic heterocycles. The first kappa shape index (κ1) is 20.6. The van der Waals surface area contributed by atoms with Crippen molar-refractivity contribution >= 4 is 17.2 Å². The highest BCUT2D eigenvalue weighted by molar-refractivity contribution is 7.09. The second-order valence-corrected chi connectivity index (χ2v) is 8.93. The third-order valence-electron chi connectivity index (χ3n) is 4.98. The monoisotopic (exact) mass is 403 g/mol. The van der Waals surface area contributed by atoms with Crippen molar-refractivity contribution in [3.05, 3.63) is 39.8 Å². The molecule has 0 spiro atoms. The van der Waals surface area contributed by atoms with E-state index in [2.05, 4.69) is 31.1 Å². The highest BCUT2D eigenvalue weighted by atomic mass is 32.1. The molecule has 3 rings (SSSR count). The van der Waals surface area contributed by atoms with Crippen LogP contribution in [0.25, 0.3) is 0 Å². The minimum absolute atomic E-state index is 0.0433. The summed E-state index contributed by atoms with van der Waals surface area (Å²) in [6.07, 6.45) is 0. The summed E-state index contributed by atoms with van der Waals surface area (Å²) in [5.41, 5.74) is 1.72. The summed E-state index contributed by atoms with van der Waals surface area (Å²) >= 11 is 1.72. The molecule has 1 saturated heterocycles. The van der Waals surface area contributed by atoms with Gasteiger partial charge in [-0.3, -0.25) is 9.69 Å². The van der Waals surface area contributed by atoms with Crippen LogP contribution < -0.4 is 9.47 Å². The van der Waals surface area contributed by atoms with Crippen molar-refractivity contribution in [3.63, 3.8) is 0 Å². The zero-order valence-corrected chi connectivity index (χ0v) is 18.1. The van der Waals surface area contributed by atoms with Gasteiger partial charge in [-0.05, 0) is 12.1 Å². The number of hydrogen-bond acceptors (Lipinski definition) is 6. The normalized spacial score (nSPS) is 15.5. The fourth-order valence-corrected chi connectivity index (χ4v) is 4.31. The Morgan fingerprint density at radius 2 is 1.71 bits per heavy atom. The van der Waals surface area contributed by atoms with Crippen LogP contribution in [0.4, 0.5) is 0 Å². The number of thiazole rings is 1. The predicted molar refractivity (Wildman–Crippen MR) is 112 cm³/mol. The Labute approximate surface area is 171 Å². The van der Waals surface area contributed by atoms with E-state index in [1.807, 2.05) is 11.0 Å². The zero-order valence-electron chi connectivity index (χ0n) is 17.3. The number of methoxy groups -OCH3 is 2. The van der Waals surface area contributed by atoms with Gasteiger partial charge < -0.3 is 14.4 Å². The number of hydrogen-bond donors (Lipinski definition) is 0. The van der Waals surface area contributed by atoms with Gasteiger partial charge >= 0.3 is 0 Å². The van der Waals surface area contributed by atoms with Crippen molar-refractivity contribution in [2.45, 2.75) is 32.7 Å². The van der Waals surface area contributed by atoms with Crippen molar-refractivity contribution in [3.8, 4) is 11.5 Å². The summed E-state index contributed by atoms with van der Waals surface area (Å²) in [5.74, 6) is 1.05. The Bertz CT molecular complexity index is 798. The molecule has 0 radical (unpaired) electrons. The van der Waals surface area contributed by atoms with Gasteiger partial charge in [0.1, 0.15) is 22.1 Å². The lowest BCUT2D eigenvalue weighted by Crippen LogP contribution is -2.48. The molecule has 0 unspecified atom stereocenters. The molecule has 0 N–H and O–H groups in total. The van der Waals surface area contributed by atoms with Crippen LogP contribution in [0.1, 0.15) is 41.8 Å². The van der Waals surface area contributed by atoms with Gasteiger partial charge in [0.05, 0.1) is 26.5 Å². The second kappa shape index (κ2) is 8.49. The van der Waals surface area contributed by atoms with Crippen LogP contribution in [0.2, 0.25) is 0 Å². The van der Waals surface area contributed by atoms with E-state index < -0.39 is 0 Å². The summed E-state index contributed by atoms with van der Waals surface area (Å²) < 4.78 is 10.8. The molecule has 0 atom stereocenters. The average molecular weight is 404 g/mol. The Hall–Kier alpha value is -2.12. The highest BCUT2D eigenvalue weighted by Crippen LogP contribution is 2.30. The van der Waals surface area contributed by atoms with Gasteiger partial charge in [-0.15, -0.1) is 11.3 Å². The highest BCUT2D eigenvalue weighted by Gasteiger charge is 2.27. The van der Waals surface area contributed by atoms with E-state index in [0.29, 0.717) is 30.2 Å². The summed E-state index contributed by atoms with van der Waals surface area (Å²) in [5, 5.41) is 3.29. The van der Waals surface area contributed by atoms with E-state index in [1.165, 1.54) is 0 Å². The van der Waals surface area contributed by atoms with Gasteiger partial charge in [-0.1, -0.05) is 26.8 Å². The number of aromatic nitrogens is 1. The number of amides is 1. The maximum absolute atomic E-state index is 13.1. The fourth-order valence-electron chi connectivity index (χ4n) is 3.25. The van der Waals surface area contributed by atoms with Crippen LogP contribution >= 0.6 is 11.3 Å². The first-order valence-electron chi connectivity index (χ1n) is 9.51. The number of ether oxygens (including phenoxy) is 2. The van der Waals surface area contributed by atoms with Crippen LogP contribution in [0.5, 0.6) is 11.5 Å². The molecule has 28 heavy (non-hydrogen) atoms. The van der Waals surface area contributed by atoms with Crippen LogP contribution in [0, 0.1) is 0 Å². The summed E-state index contributed by atoms with van der Waals surface area (Å²) in [4.78, 5) is 22.1. The van der Waals surface area contributed by atoms with Gasteiger partial charge in [0.15, 0.2) is 0 Å². The lowest BCUT2D eigenvalue weighted by molar-refractivity contribution is 0.0621. The number of carbonyl (C=O) groups is 1. The van der Waals surface area contributed by atoms with Crippen molar-refractivity contribution in [2.24, 2.45) is 0 Å². The van der Waals surface area contributed by atoms with Gasteiger partial charge in [0.2, 0.25) is 0 Å². The number of rotatable bonds is 5. The molecule has 0 bridgehead atoms. The molecule has 0 aliphatic carbocycles. The van der Waals surface area contributed by atoms with Crippen molar-refractivity contribution in [1.29, 1.82) is 0 Å². The fraction of sp³-hybridized carbons (Fsp3) is 0.524. The molecule has 2 heterocycles. The number of benzene rings is 1. The lowest BCUT2D eigenvalue weighted by Gasteiger charge is -2.34. The minimum Gasteiger partial charge on any atom is -0.496 e. The smallest absolute Gasteiger partial charge is 0.261 e.